The summed E-state index contributed by atoms with van der Waals surface area (Å²) in [5.41, 5.74) is 2.45. The van der Waals surface area contributed by atoms with Crippen LogP contribution in [0.4, 0.5) is 0 Å². The van der Waals surface area contributed by atoms with Crippen molar-refractivity contribution in [2.75, 3.05) is 0 Å². The number of hydrogen-bond acceptors (Lipinski definition) is 2. The van der Waals surface area contributed by atoms with Gasteiger partial charge in [-0.1, -0.05) is 30.6 Å². The van der Waals surface area contributed by atoms with Crippen molar-refractivity contribution < 1.29 is 9.53 Å². The number of fused-ring (bicyclic) bond motifs is 1. The van der Waals surface area contributed by atoms with Crippen molar-refractivity contribution in [1.82, 2.24) is 0 Å². The van der Waals surface area contributed by atoms with Crippen LogP contribution in [0.1, 0.15) is 53.4 Å². The average molecular weight is 248 g/mol. The van der Waals surface area contributed by atoms with Gasteiger partial charge >= 0.3 is 5.97 Å². The lowest BCUT2D eigenvalue weighted by Crippen LogP contribution is -2.27. The molecule has 0 bridgehead atoms. The van der Waals surface area contributed by atoms with Gasteiger partial charge in [-0.05, 0) is 46.0 Å². The summed E-state index contributed by atoms with van der Waals surface area (Å²) in [6.45, 7) is 7.93. The Kier molecular flexibility index (Phi) is 3.65. The highest BCUT2D eigenvalue weighted by Gasteiger charge is 2.39. The first-order valence-electron chi connectivity index (χ1n) is 7.02. The van der Waals surface area contributed by atoms with Crippen molar-refractivity contribution in [2.24, 2.45) is 11.8 Å². The number of hydrogen-bond donors (Lipinski definition) is 0. The van der Waals surface area contributed by atoms with Crippen LogP contribution in [0.3, 0.4) is 0 Å². The van der Waals surface area contributed by atoms with Crippen LogP contribution in [-0.2, 0) is 9.53 Å². The quantitative estimate of drug-likeness (QED) is 0.428. The summed E-state index contributed by atoms with van der Waals surface area (Å²) in [6, 6.07) is 0. The molecule has 2 atom stereocenters. The molecule has 2 aliphatic carbocycles. The molecule has 0 heterocycles. The van der Waals surface area contributed by atoms with Crippen LogP contribution in [0.25, 0.3) is 0 Å². The topological polar surface area (TPSA) is 26.3 Å². The van der Waals surface area contributed by atoms with E-state index in [9.17, 15) is 4.79 Å². The molecule has 0 aromatic heterocycles. The maximum absolute atomic E-state index is 11.7. The summed E-state index contributed by atoms with van der Waals surface area (Å²) in [5.74, 6) is 1.10. The van der Waals surface area contributed by atoms with Crippen LogP contribution >= 0.6 is 0 Å². The molecule has 0 amide bonds. The zero-order valence-electron chi connectivity index (χ0n) is 12.0. The minimum Gasteiger partial charge on any atom is -0.457 e. The second-order valence-electron chi connectivity index (χ2n) is 6.52. The third-order valence-electron chi connectivity index (χ3n) is 3.65. The number of allylic oxidation sites excluding steroid dienone is 3. The molecular formula is C16H24O2. The minimum absolute atomic E-state index is 0.187. The van der Waals surface area contributed by atoms with Crippen molar-refractivity contribution in [1.29, 1.82) is 0 Å². The highest BCUT2D eigenvalue weighted by molar-refractivity contribution is 5.83. The highest BCUT2D eigenvalue weighted by Crippen LogP contribution is 2.50. The molecule has 2 heteroatoms. The number of esters is 1. The fourth-order valence-corrected chi connectivity index (χ4v) is 2.95. The molecular weight excluding hydrogens is 224 g/mol. The van der Waals surface area contributed by atoms with Gasteiger partial charge in [-0.15, -0.1) is 0 Å². The second-order valence-corrected chi connectivity index (χ2v) is 6.52. The Morgan fingerprint density at radius 2 is 2.17 bits per heavy atom. The molecule has 1 fully saturated rings. The molecule has 0 aromatic rings. The van der Waals surface area contributed by atoms with Crippen molar-refractivity contribution in [3.05, 3.63) is 23.3 Å². The molecule has 2 aliphatic rings. The fraction of sp³-hybridized carbons (Fsp3) is 0.688. The predicted octanol–water partition coefficient (Wildman–Crippen LogP) is 4.02. The average Bonchev–Trinajstić information content (AvgIpc) is 2.51. The van der Waals surface area contributed by atoms with Gasteiger partial charge in [-0.25, -0.2) is 4.79 Å². The fourth-order valence-electron chi connectivity index (χ4n) is 2.95. The molecule has 0 radical (unpaired) electrons. The van der Waals surface area contributed by atoms with E-state index in [-0.39, 0.29) is 5.97 Å². The summed E-state index contributed by atoms with van der Waals surface area (Å²) in [4.78, 5) is 11.7. The van der Waals surface area contributed by atoms with Gasteiger partial charge < -0.3 is 4.74 Å². The summed E-state index contributed by atoms with van der Waals surface area (Å²) in [5, 5.41) is 0. The van der Waals surface area contributed by atoms with E-state index in [0.717, 1.165) is 12.3 Å². The normalized spacial score (nSPS) is 28.7. The van der Waals surface area contributed by atoms with Gasteiger partial charge in [0.25, 0.3) is 0 Å². The maximum atomic E-state index is 11.7. The highest BCUT2D eigenvalue weighted by atomic mass is 16.6. The van der Waals surface area contributed by atoms with Gasteiger partial charge in [0.1, 0.15) is 5.60 Å². The molecule has 2 nitrogen and oxygen atoms in total. The standard InChI is InChI=1S/C16H24O2/c1-5-6-11-7-12-9-13(14(12)8-11)10-15(17)18-16(2,3)4/h8,10,12,14H,5-7,9H2,1-4H3/t12-,14-/m0/s1. The Bertz CT molecular complexity index is 396. The smallest absolute Gasteiger partial charge is 0.331 e. The van der Waals surface area contributed by atoms with E-state index in [1.165, 1.54) is 24.8 Å². The largest absolute Gasteiger partial charge is 0.457 e. The summed E-state index contributed by atoms with van der Waals surface area (Å²) < 4.78 is 5.33. The summed E-state index contributed by atoms with van der Waals surface area (Å²) in [6.07, 6.45) is 8.85. The van der Waals surface area contributed by atoms with Gasteiger partial charge in [0.2, 0.25) is 0 Å². The molecule has 0 spiro atoms. The third kappa shape index (κ3) is 3.04. The minimum atomic E-state index is -0.393. The Balaban J connectivity index is 1.95. The van der Waals surface area contributed by atoms with E-state index in [0.29, 0.717) is 5.92 Å². The second kappa shape index (κ2) is 4.91. The van der Waals surface area contributed by atoms with E-state index in [1.54, 1.807) is 11.6 Å². The van der Waals surface area contributed by atoms with Gasteiger partial charge in [-0.3, -0.25) is 0 Å². The first-order chi connectivity index (χ1) is 8.39. The lowest BCUT2D eigenvalue weighted by molar-refractivity contribution is -0.148. The van der Waals surface area contributed by atoms with Crippen LogP contribution in [0.15, 0.2) is 23.3 Å². The van der Waals surface area contributed by atoms with E-state index in [1.807, 2.05) is 20.8 Å². The molecule has 0 N–H and O–H groups in total. The monoisotopic (exact) mass is 248 g/mol. The van der Waals surface area contributed by atoms with E-state index in [2.05, 4.69) is 13.0 Å². The Labute approximate surface area is 110 Å². The Hall–Kier alpha value is -1.05. The Morgan fingerprint density at radius 1 is 1.44 bits per heavy atom. The summed E-state index contributed by atoms with van der Waals surface area (Å²) in [7, 11) is 0. The molecule has 1 saturated carbocycles. The van der Waals surface area contributed by atoms with Gasteiger partial charge in [0.05, 0.1) is 0 Å². The SMILES string of the molecule is CCCC1=C[C@@H]2C(=CC(=O)OC(C)(C)C)C[C@@H]2C1. The molecule has 18 heavy (non-hydrogen) atoms. The maximum Gasteiger partial charge on any atom is 0.331 e. The van der Waals surface area contributed by atoms with Crippen molar-refractivity contribution in [3.8, 4) is 0 Å². The number of rotatable bonds is 3. The van der Waals surface area contributed by atoms with Crippen LogP contribution in [0.2, 0.25) is 0 Å². The van der Waals surface area contributed by atoms with Crippen molar-refractivity contribution >= 4 is 5.97 Å². The van der Waals surface area contributed by atoms with Gasteiger partial charge in [0, 0.05) is 12.0 Å². The lowest BCUT2D eigenvalue weighted by Gasteiger charge is -2.33. The van der Waals surface area contributed by atoms with Crippen LogP contribution in [0, 0.1) is 11.8 Å². The molecule has 0 aromatic carbocycles. The first-order valence-corrected chi connectivity index (χ1v) is 7.02. The number of carbonyl (C=O) groups excluding carboxylic acids is 1. The van der Waals surface area contributed by atoms with Crippen LogP contribution < -0.4 is 0 Å². The van der Waals surface area contributed by atoms with E-state index in [4.69, 9.17) is 4.74 Å². The van der Waals surface area contributed by atoms with Crippen LogP contribution in [-0.4, -0.2) is 11.6 Å². The van der Waals surface area contributed by atoms with E-state index < -0.39 is 5.60 Å². The lowest BCUT2D eigenvalue weighted by atomic mass is 9.71. The molecule has 2 rings (SSSR count). The zero-order valence-corrected chi connectivity index (χ0v) is 12.0. The molecule has 0 aliphatic heterocycles. The van der Waals surface area contributed by atoms with Gasteiger partial charge in [0.15, 0.2) is 0 Å². The molecule has 100 valence electrons. The van der Waals surface area contributed by atoms with Crippen molar-refractivity contribution in [2.45, 2.75) is 59.0 Å². The predicted molar refractivity (Wildman–Crippen MR) is 73.1 cm³/mol. The van der Waals surface area contributed by atoms with Crippen molar-refractivity contribution in [3.63, 3.8) is 0 Å². The Morgan fingerprint density at radius 3 is 2.78 bits per heavy atom. The molecule has 0 unspecified atom stereocenters. The van der Waals surface area contributed by atoms with Gasteiger partial charge in [-0.2, -0.15) is 0 Å². The zero-order chi connectivity index (χ0) is 13.3. The van der Waals surface area contributed by atoms with E-state index >= 15 is 0 Å². The third-order valence-corrected chi connectivity index (χ3v) is 3.65. The first kappa shape index (κ1) is 13.4. The molecule has 0 saturated heterocycles. The van der Waals surface area contributed by atoms with Crippen LogP contribution in [0.5, 0.6) is 0 Å². The summed E-state index contributed by atoms with van der Waals surface area (Å²) >= 11 is 0. The number of carbonyl (C=O) groups is 1. The number of ether oxygens (including phenoxy) is 1.